The lowest BCUT2D eigenvalue weighted by molar-refractivity contribution is -0.139. The summed E-state index contributed by atoms with van der Waals surface area (Å²) in [7, 11) is 0. The fourth-order valence-electron chi connectivity index (χ4n) is 3.91. The van der Waals surface area contributed by atoms with Gasteiger partial charge in [0.05, 0.1) is 28.5 Å². The molecule has 2 aliphatic heterocycles. The summed E-state index contributed by atoms with van der Waals surface area (Å²) in [5.41, 5.74) is 2.15. The molecular formula is C24H19ClN2O5S. The summed E-state index contributed by atoms with van der Waals surface area (Å²) < 4.78 is 18.1. The highest BCUT2D eigenvalue weighted by atomic mass is 35.5. The van der Waals surface area contributed by atoms with Crippen LogP contribution in [0.25, 0.3) is 6.08 Å². The van der Waals surface area contributed by atoms with E-state index in [2.05, 4.69) is 4.99 Å². The maximum atomic E-state index is 13.6. The van der Waals surface area contributed by atoms with Crippen molar-refractivity contribution in [3.05, 3.63) is 89.6 Å². The van der Waals surface area contributed by atoms with E-state index in [0.29, 0.717) is 37.1 Å². The summed E-state index contributed by atoms with van der Waals surface area (Å²) >= 11 is 7.35. The summed E-state index contributed by atoms with van der Waals surface area (Å²) in [5, 5.41) is 0.562. The van der Waals surface area contributed by atoms with Gasteiger partial charge in [0.25, 0.3) is 5.56 Å². The number of thiazole rings is 1. The summed E-state index contributed by atoms with van der Waals surface area (Å²) in [6.07, 6.45) is 1.79. The van der Waals surface area contributed by atoms with Gasteiger partial charge in [-0.25, -0.2) is 9.79 Å². The van der Waals surface area contributed by atoms with Crippen LogP contribution in [-0.4, -0.2) is 23.9 Å². The van der Waals surface area contributed by atoms with E-state index in [1.807, 2.05) is 18.2 Å². The molecule has 3 aromatic rings. The number of allylic oxidation sites excluding steroid dienone is 1. The molecule has 168 valence electrons. The lowest BCUT2D eigenvalue weighted by Crippen LogP contribution is -2.39. The number of hydrogen-bond acceptors (Lipinski definition) is 7. The number of ether oxygens (including phenoxy) is 3. The first-order valence-electron chi connectivity index (χ1n) is 10.3. The van der Waals surface area contributed by atoms with Crippen molar-refractivity contribution < 1.29 is 19.0 Å². The Labute approximate surface area is 197 Å². The van der Waals surface area contributed by atoms with E-state index < -0.39 is 12.0 Å². The Bertz CT molecular complexity index is 1470. The normalized spacial score (nSPS) is 17.1. The third-order valence-electron chi connectivity index (χ3n) is 5.40. The molecule has 7 nitrogen and oxygen atoms in total. The van der Waals surface area contributed by atoms with E-state index in [1.54, 1.807) is 48.8 Å². The van der Waals surface area contributed by atoms with E-state index in [4.69, 9.17) is 25.8 Å². The molecule has 0 N–H and O–H groups in total. The molecule has 0 radical (unpaired) electrons. The zero-order chi connectivity index (χ0) is 23.1. The van der Waals surface area contributed by atoms with Crippen molar-refractivity contribution in [2.24, 2.45) is 4.99 Å². The van der Waals surface area contributed by atoms with Gasteiger partial charge in [0.15, 0.2) is 16.3 Å². The quantitative estimate of drug-likeness (QED) is 0.534. The van der Waals surface area contributed by atoms with Crippen LogP contribution in [0, 0.1) is 0 Å². The van der Waals surface area contributed by atoms with Gasteiger partial charge >= 0.3 is 5.97 Å². The Morgan fingerprint density at radius 3 is 2.76 bits per heavy atom. The molecule has 1 aromatic heterocycles. The van der Waals surface area contributed by atoms with Crippen LogP contribution in [0.5, 0.6) is 11.5 Å². The number of carbonyl (C=O) groups excluding carboxylic acids is 1. The molecule has 1 unspecified atom stereocenters. The van der Waals surface area contributed by atoms with Crippen molar-refractivity contribution in [1.82, 2.24) is 4.57 Å². The first-order valence-corrected chi connectivity index (χ1v) is 11.5. The minimum atomic E-state index is -0.670. The number of halogens is 1. The van der Waals surface area contributed by atoms with Crippen molar-refractivity contribution in [2.45, 2.75) is 19.9 Å². The molecule has 9 heteroatoms. The zero-order valence-electron chi connectivity index (χ0n) is 17.8. The standard InChI is InChI=1S/C24H19ClN2O5S/c1-3-30-23(29)20-13(2)26-24-27(21(20)15-5-7-16(25)8-6-15)22(28)19(33-24)11-14-4-9-17-18(10-14)32-12-31-17/h4-11,21H,3,12H2,1-2H3. The number of nitrogens with zero attached hydrogens (tertiary/aromatic N) is 2. The summed E-state index contributed by atoms with van der Waals surface area (Å²) in [6, 6.07) is 11.9. The molecule has 5 rings (SSSR count). The second-order valence-corrected chi connectivity index (χ2v) is 8.91. The Morgan fingerprint density at radius 2 is 2.00 bits per heavy atom. The number of benzene rings is 2. The highest BCUT2D eigenvalue weighted by Gasteiger charge is 2.33. The minimum absolute atomic E-state index is 0.179. The average molecular weight is 483 g/mol. The number of rotatable bonds is 4. The Kier molecular flexibility index (Phi) is 5.55. The Morgan fingerprint density at radius 1 is 1.24 bits per heavy atom. The maximum absolute atomic E-state index is 13.6. The predicted octanol–water partition coefficient (Wildman–Crippen LogP) is 3.18. The number of esters is 1. The van der Waals surface area contributed by atoms with Crippen LogP contribution in [0.3, 0.4) is 0 Å². The van der Waals surface area contributed by atoms with Crippen molar-refractivity contribution in [3.63, 3.8) is 0 Å². The van der Waals surface area contributed by atoms with E-state index in [9.17, 15) is 9.59 Å². The SMILES string of the molecule is CCOC(=O)C1=C(C)N=c2sc(=Cc3ccc4c(c3)OCO4)c(=O)n2C1c1ccc(Cl)cc1. The molecule has 0 aliphatic carbocycles. The third kappa shape index (κ3) is 3.85. The van der Waals surface area contributed by atoms with E-state index in [0.717, 1.165) is 11.1 Å². The minimum Gasteiger partial charge on any atom is -0.463 e. The van der Waals surface area contributed by atoms with Gasteiger partial charge in [0.2, 0.25) is 6.79 Å². The molecule has 0 bridgehead atoms. The number of carbonyl (C=O) groups is 1. The van der Waals surface area contributed by atoms with Gasteiger partial charge in [-0.3, -0.25) is 9.36 Å². The first kappa shape index (κ1) is 21.5. The average Bonchev–Trinajstić information content (AvgIpc) is 3.37. The van der Waals surface area contributed by atoms with Crippen LogP contribution in [0.1, 0.15) is 31.0 Å². The highest BCUT2D eigenvalue weighted by molar-refractivity contribution is 7.07. The number of hydrogen-bond donors (Lipinski definition) is 0. The monoisotopic (exact) mass is 482 g/mol. The van der Waals surface area contributed by atoms with Crippen molar-refractivity contribution in [2.75, 3.05) is 13.4 Å². The van der Waals surface area contributed by atoms with Crippen molar-refractivity contribution in [3.8, 4) is 11.5 Å². The van der Waals surface area contributed by atoms with Crippen molar-refractivity contribution >= 4 is 35.0 Å². The van der Waals surface area contributed by atoms with E-state index in [-0.39, 0.29) is 19.0 Å². The van der Waals surface area contributed by atoms with E-state index in [1.165, 1.54) is 11.3 Å². The highest BCUT2D eigenvalue weighted by Crippen LogP contribution is 2.33. The Balaban J connectivity index is 1.69. The molecule has 0 saturated carbocycles. The molecular weight excluding hydrogens is 464 g/mol. The lowest BCUT2D eigenvalue weighted by Gasteiger charge is -2.24. The van der Waals surface area contributed by atoms with E-state index >= 15 is 0 Å². The van der Waals surface area contributed by atoms with Crippen LogP contribution in [0.2, 0.25) is 5.02 Å². The van der Waals surface area contributed by atoms with Crippen molar-refractivity contribution in [1.29, 1.82) is 0 Å². The van der Waals surface area contributed by atoms with Gasteiger partial charge < -0.3 is 14.2 Å². The molecule has 0 spiro atoms. The largest absolute Gasteiger partial charge is 0.463 e. The topological polar surface area (TPSA) is 79.1 Å². The second-order valence-electron chi connectivity index (χ2n) is 7.47. The molecule has 2 aromatic carbocycles. The van der Waals surface area contributed by atoms with Gasteiger partial charge in [-0.15, -0.1) is 0 Å². The van der Waals surface area contributed by atoms with Gasteiger partial charge in [-0.05, 0) is 55.3 Å². The summed E-state index contributed by atoms with van der Waals surface area (Å²) in [4.78, 5) is 31.5. The predicted molar refractivity (Wildman–Crippen MR) is 124 cm³/mol. The molecule has 0 fully saturated rings. The Hall–Kier alpha value is -3.36. The van der Waals surface area contributed by atoms with Crippen LogP contribution in [0.4, 0.5) is 0 Å². The molecule has 0 amide bonds. The second kappa shape index (κ2) is 8.53. The zero-order valence-corrected chi connectivity index (χ0v) is 19.4. The maximum Gasteiger partial charge on any atom is 0.338 e. The van der Waals surface area contributed by atoms with Gasteiger partial charge in [-0.1, -0.05) is 41.1 Å². The van der Waals surface area contributed by atoms with Gasteiger partial charge in [0, 0.05) is 5.02 Å². The van der Waals surface area contributed by atoms with Crippen LogP contribution in [-0.2, 0) is 9.53 Å². The molecule has 1 atom stereocenters. The fraction of sp³-hybridized carbons (Fsp3) is 0.208. The number of aromatic nitrogens is 1. The summed E-state index contributed by atoms with van der Waals surface area (Å²) in [6.45, 7) is 3.89. The van der Waals surface area contributed by atoms with Crippen LogP contribution in [0.15, 0.2) is 63.5 Å². The van der Waals surface area contributed by atoms with Crippen LogP contribution < -0.4 is 24.4 Å². The summed E-state index contributed by atoms with van der Waals surface area (Å²) in [5.74, 6) is 0.811. The molecule has 33 heavy (non-hydrogen) atoms. The number of fused-ring (bicyclic) bond motifs is 2. The third-order valence-corrected chi connectivity index (χ3v) is 6.63. The molecule has 0 saturated heterocycles. The lowest BCUT2D eigenvalue weighted by atomic mass is 9.96. The van der Waals surface area contributed by atoms with Gasteiger partial charge in [-0.2, -0.15) is 0 Å². The van der Waals surface area contributed by atoms with Crippen LogP contribution >= 0.6 is 22.9 Å². The first-order chi connectivity index (χ1) is 16.0. The smallest absolute Gasteiger partial charge is 0.338 e. The molecule has 2 aliphatic rings. The van der Waals surface area contributed by atoms with Gasteiger partial charge in [0.1, 0.15) is 0 Å². The molecule has 3 heterocycles. The fourth-order valence-corrected chi connectivity index (χ4v) is 5.08.